The Morgan fingerprint density at radius 2 is 2.46 bits per heavy atom. The van der Waals surface area contributed by atoms with Crippen LogP contribution in [0.2, 0.25) is 0 Å². The van der Waals surface area contributed by atoms with E-state index in [1.165, 1.54) is 0 Å². The van der Waals surface area contributed by atoms with Crippen LogP contribution in [0.4, 0.5) is 0 Å². The molecule has 1 fully saturated rings. The van der Waals surface area contributed by atoms with E-state index in [1.807, 2.05) is 13.0 Å². The maximum atomic E-state index is 11.2. The predicted octanol–water partition coefficient (Wildman–Crippen LogP) is 1.28. The minimum absolute atomic E-state index is 0.0525. The molecule has 2 rings (SSSR count). The van der Waals surface area contributed by atoms with E-state index in [-0.39, 0.29) is 12.1 Å². The molecule has 2 aliphatic heterocycles. The summed E-state index contributed by atoms with van der Waals surface area (Å²) in [6.07, 6.45) is 1.81. The smallest absolute Gasteiger partial charge is 0.222 e. The number of fused-ring (bicyclic) bond motifs is 2. The third-order valence-corrected chi connectivity index (χ3v) is 2.61. The summed E-state index contributed by atoms with van der Waals surface area (Å²) in [4.78, 5) is 12.9. The molecule has 3 heteroatoms. The van der Waals surface area contributed by atoms with Crippen LogP contribution < -0.4 is 0 Å². The molecule has 0 saturated carbocycles. The van der Waals surface area contributed by atoms with Crippen molar-refractivity contribution in [1.82, 2.24) is 4.90 Å². The van der Waals surface area contributed by atoms with Crippen LogP contribution >= 0.6 is 0 Å². The number of allylic oxidation sites excluding steroid dienone is 1. The summed E-state index contributed by atoms with van der Waals surface area (Å²) in [6, 6.07) is 0. The van der Waals surface area contributed by atoms with Crippen LogP contribution in [0, 0.1) is 5.92 Å². The number of amides is 1. The van der Waals surface area contributed by atoms with Gasteiger partial charge in [-0.2, -0.15) is 0 Å². The SMILES string of the molecule is C=C1C2C=C(C)OC1N(C(C)=O)C2. The zero-order valence-electron chi connectivity index (χ0n) is 7.91. The molecule has 0 N–H and O–H groups in total. The largest absolute Gasteiger partial charge is 0.471 e. The Morgan fingerprint density at radius 1 is 1.77 bits per heavy atom. The number of rotatable bonds is 0. The van der Waals surface area contributed by atoms with Crippen LogP contribution in [0.1, 0.15) is 13.8 Å². The molecular formula is C10H13NO2. The molecule has 2 aliphatic rings. The molecule has 13 heavy (non-hydrogen) atoms. The van der Waals surface area contributed by atoms with Crippen molar-refractivity contribution >= 4 is 5.91 Å². The van der Waals surface area contributed by atoms with Crippen LogP contribution in [-0.2, 0) is 9.53 Å². The Hall–Kier alpha value is -1.25. The van der Waals surface area contributed by atoms with Gasteiger partial charge in [-0.15, -0.1) is 0 Å². The van der Waals surface area contributed by atoms with E-state index in [2.05, 4.69) is 6.58 Å². The van der Waals surface area contributed by atoms with Crippen LogP contribution in [-0.4, -0.2) is 23.6 Å². The second-order valence-corrected chi connectivity index (χ2v) is 3.60. The maximum Gasteiger partial charge on any atom is 0.222 e. The van der Waals surface area contributed by atoms with Gasteiger partial charge in [-0.3, -0.25) is 4.79 Å². The minimum atomic E-state index is -0.215. The second-order valence-electron chi connectivity index (χ2n) is 3.60. The summed E-state index contributed by atoms with van der Waals surface area (Å²) < 4.78 is 5.53. The molecule has 2 heterocycles. The van der Waals surface area contributed by atoms with Crippen molar-refractivity contribution in [2.24, 2.45) is 5.92 Å². The highest BCUT2D eigenvalue weighted by atomic mass is 16.5. The van der Waals surface area contributed by atoms with Gasteiger partial charge in [-0.25, -0.2) is 0 Å². The highest BCUT2D eigenvalue weighted by Crippen LogP contribution is 2.35. The van der Waals surface area contributed by atoms with E-state index in [4.69, 9.17) is 4.74 Å². The first-order chi connectivity index (χ1) is 6.09. The Balaban J connectivity index is 2.29. The number of nitrogens with zero attached hydrogens (tertiary/aromatic N) is 1. The molecule has 1 saturated heterocycles. The maximum absolute atomic E-state index is 11.2. The van der Waals surface area contributed by atoms with Gasteiger partial charge >= 0.3 is 0 Å². The fourth-order valence-corrected chi connectivity index (χ4v) is 1.90. The lowest BCUT2D eigenvalue weighted by Gasteiger charge is -2.25. The molecule has 0 aromatic carbocycles. The fourth-order valence-electron chi connectivity index (χ4n) is 1.90. The quantitative estimate of drug-likeness (QED) is 0.524. The van der Waals surface area contributed by atoms with Gasteiger partial charge in [0.05, 0.1) is 5.76 Å². The number of carbonyl (C=O) groups excluding carboxylic acids is 1. The molecule has 0 radical (unpaired) electrons. The number of likely N-dealkylation sites (tertiary alicyclic amines) is 1. The van der Waals surface area contributed by atoms with Crippen molar-refractivity contribution in [1.29, 1.82) is 0 Å². The number of hydrogen-bond donors (Lipinski definition) is 0. The van der Waals surface area contributed by atoms with Gasteiger partial charge in [0.1, 0.15) is 0 Å². The first-order valence-electron chi connectivity index (χ1n) is 4.40. The highest BCUT2D eigenvalue weighted by molar-refractivity contribution is 5.74. The van der Waals surface area contributed by atoms with E-state index in [0.717, 1.165) is 17.9 Å². The minimum Gasteiger partial charge on any atom is -0.471 e. The molecular weight excluding hydrogens is 166 g/mol. The molecule has 2 atom stereocenters. The van der Waals surface area contributed by atoms with Crippen molar-refractivity contribution < 1.29 is 9.53 Å². The topological polar surface area (TPSA) is 29.5 Å². The van der Waals surface area contributed by atoms with E-state index < -0.39 is 0 Å². The number of hydrogen-bond acceptors (Lipinski definition) is 2. The molecule has 2 bridgehead atoms. The van der Waals surface area contributed by atoms with E-state index in [1.54, 1.807) is 11.8 Å². The first-order valence-corrected chi connectivity index (χ1v) is 4.40. The van der Waals surface area contributed by atoms with E-state index in [0.29, 0.717) is 5.92 Å². The summed E-state index contributed by atoms with van der Waals surface area (Å²) in [6.45, 7) is 8.14. The lowest BCUT2D eigenvalue weighted by atomic mass is 10.0. The van der Waals surface area contributed by atoms with Crippen LogP contribution in [0.3, 0.4) is 0 Å². The lowest BCUT2D eigenvalue weighted by Crippen LogP contribution is -2.35. The van der Waals surface area contributed by atoms with Gasteiger partial charge in [0.25, 0.3) is 0 Å². The van der Waals surface area contributed by atoms with Gasteiger partial charge in [-0.05, 0) is 18.6 Å². The van der Waals surface area contributed by atoms with Crippen molar-refractivity contribution in [3.63, 3.8) is 0 Å². The van der Waals surface area contributed by atoms with Crippen LogP contribution in [0.5, 0.6) is 0 Å². The van der Waals surface area contributed by atoms with Crippen molar-refractivity contribution in [2.75, 3.05) is 6.54 Å². The molecule has 1 amide bonds. The Bertz CT molecular complexity index is 306. The number of carbonyl (C=O) groups is 1. The van der Waals surface area contributed by atoms with E-state index in [9.17, 15) is 4.79 Å². The summed E-state index contributed by atoms with van der Waals surface area (Å²) >= 11 is 0. The van der Waals surface area contributed by atoms with Crippen molar-refractivity contribution in [3.05, 3.63) is 24.0 Å². The highest BCUT2D eigenvalue weighted by Gasteiger charge is 2.40. The first kappa shape index (κ1) is 8.35. The van der Waals surface area contributed by atoms with Crippen LogP contribution in [0.15, 0.2) is 24.0 Å². The van der Waals surface area contributed by atoms with Gasteiger partial charge in [0, 0.05) is 19.4 Å². The predicted molar refractivity (Wildman–Crippen MR) is 48.6 cm³/mol. The van der Waals surface area contributed by atoms with E-state index >= 15 is 0 Å². The Labute approximate surface area is 77.7 Å². The summed E-state index contributed by atoms with van der Waals surface area (Å²) in [5, 5.41) is 0. The Kier molecular flexibility index (Phi) is 1.68. The average molecular weight is 179 g/mol. The normalized spacial score (nSPS) is 31.4. The standard InChI is InChI=1S/C10H13NO2/c1-6-4-9-5-11(8(3)12)10(13-6)7(9)2/h4,9-10H,2,5H2,1,3H3. The lowest BCUT2D eigenvalue weighted by molar-refractivity contribution is -0.135. The molecule has 0 spiro atoms. The molecule has 0 aliphatic carbocycles. The summed E-state index contributed by atoms with van der Waals surface area (Å²) in [5.41, 5.74) is 1.00. The molecule has 2 unspecified atom stereocenters. The van der Waals surface area contributed by atoms with Crippen molar-refractivity contribution in [2.45, 2.75) is 20.1 Å². The molecule has 0 aromatic heterocycles. The zero-order valence-corrected chi connectivity index (χ0v) is 7.91. The van der Waals surface area contributed by atoms with Gasteiger partial charge in [-0.1, -0.05) is 6.58 Å². The van der Waals surface area contributed by atoms with Crippen LogP contribution in [0.25, 0.3) is 0 Å². The van der Waals surface area contributed by atoms with Gasteiger partial charge < -0.3 is 9.64 Å². The third kappa shape index (κ3) is 1.15. The molecule has 70 valence electrons. The average Bonchev–Trinajstić information content (AvgIpc) is 2.29. The van der Waals surface area contributed by atoms with Gasteiger partial charge in [0.2, 0.25) is 5.91 Å². The monoisotopic (exact) mass is 179 g/mol. The Morgan fingerprint density at radius 3 is 3.08 bits per heavy atom. The fraction of sp³-hybridized carbons (Fsp3) is 0.500. The summed E-state index contributed by atoms with van der Waals surface area (Å²) in [7, 11) is 0. The summed E-state index contributed by atoms with van der Waals surface area (Å²) in [5.74, 6) is 1.24. The molecule has 0 aromatic rings. The number of ether oxygens (including phenoxy) is 1. The van der Waals surface area contributed by atoms with Crippen molar-refractivity contribution in [3.8, 4) is 0 Å². The second kappa shape index (κ2) is 2.62. The zero-order chi connectivity index (χ0) is 9.59. The molecule has 3 nitrogen and oxygen atoms in total. The third-order valence-electron chi connectivity index (χ3n) is 2.61. The van der Waals surface area contributed by atoms with Gasteiger partial charge in [0.15, 0.2) is 6.23 Å².